The number of amides is 1. The van der Waals surface area contributed by atoms with Crippen LogP contribution in [0.5, 0.6) is 11.8 Å². The van der Waals surface area contributed by atoms with Gasteiger partial charge in [0.2, 0.25) is 17.7 Å². The Balaban J connectivity index is 2.06. The summed E-state index contributed by atoms with van der Waals surface area (Å²) in [5.74, 6) is -0.0378. The monoisotopic (exact) mass is 352 g/mol. The first-order chi connectivity index (χ1) is 11.0. The summed E-state index contributed by atoms with van der Waals surface area (Å²) in [5, 5.41) is 5.85. The van der Waals surface area contributed by atoms with Gasteiger partial charge in [-0.05, 0) is 24.3 Å². The smallest absolute Gasteiger partial charge is 0.285 e. The number of methoxy groups -OCH3 is 2. The summed E-state index contributed by atoms with van der Waals surface area (Å²) in [6, 6.07) is 8.25. The standard InChI is InChI=1S/C14H13ClN4O3S/c1-21-10-7-11(22-2)18-14(17-10)19-12(20)13(23)16-9-5-3-8(15)4-6-9/h3-7H,1-2H3,(H,16,23)(H,17,18,19,20). The zero-order valence-electron chi connectivity index (χ0n) is 12.3. The molecule has 23 heavy (non-hydrogen) atoms. The molecule has 2 aromatic rings. The molecule has 0 atom stereocenters. The number of hydrogen-bond donors (Lipinski definition) is 2. The first kappa shape index (κ1) is 16.9. The molecule has 0 bridgehead atoms. The quantitative estimate of drug-likeness (QED) is 0.818. The van der Waals surface area contributed by atoms with Crippen LogP contribution in [0.15, 0.2) is 30.3 Å². The summed E-state index contributed by atoms with van der Waals surface area (Å²) >= 11 is 10.8. The Bertz CT molecular complexity index is 702. The van der Waals surface area contributed by atoms with Crippen molar-refractivity contribution in [1.29, 1.82) is 0 Å². The number of benzene rings is 1. The lowest BCUT2D eigenvalue weighted by molar-refractivity contribution is -0.110. The van der Waals surface area contributed by atoms with Gasteiger partial charge in [0, 0.05) is 10.7 Å². The molecule has 0 saturated carbocycles. The van der Waals surface area contributed by atoms with E-state index in [9.17, 15) is 4.79 Å². The highest BCUT2D eigenvalue weighted by atomic mass is 35.5. The van der Waals surface area contributed by atoms with Crippen LogP contribution in [-0.2, 0) is 4.79 Å². The molecule has 1 heterocycles. The van der Waals surface area contributed by atoms with Crippen molar-refractivity contribution < 1.29 is 14.3 Å². The van der Waals surface area contributed by atoms with Crippen LogP contribution < -0.4 is 20.1 Å². The number of anilines is 2. The number of carbonyl (C=O) groups is 1. The molecule has 0 aliphatic carbocycles. The van der Waals surface area contributed by atoms with Crippen LogP contribution >= 0.6 is 23.8 Å². The maximum Gasteiger partial charge on any atom is 0.285 e. The Morgan fingerprint density at radius 1 is 1.09 bits per heavy atom. The number of thiocarbonyl (C=S) groups is 1. The highest BCUT2D eigenvalue weighted by Gasteiger charge is 2.13. The van der Waals surface area contributed by atoms with Crippen LogP contribution in [0.25, 0.3) is 0 Å². The summed E-state index contributed by atoms with van der Waals surface area (Å²) in [5.41, 5.74) is 0.638. The lowest BCUT2D eigenvalue weighted by atomic mass is 10.3. The lowest BCUT2D eigenvalue weighted by Gasteiger charge is -2.09. The van der Waals surface area contributed by atoms with E-state index in [1.54, 1.807) is 24.3 Å². The van der Waals surface area contributed by atoms with E-state index in [0.717, 1.165) is 0 Å². The average Bonchev–Trinajstić information content (AvgIpc) is 2.56. The fourth-order valence-corrected chi connectivity index (χ4v) is 1.84. The van der Waals surface area contributed by atoms with Crippen molar-refractivity contribution in [3.05, 3.63) is 35.4 Å². The van der Waals surface area contributed by atoms with Crippen LogP contribution in [0.1, 0.15) is 0 Å². The summed E-state index contributed by atoms with van der Waals surface area (Å²) in [6.07, 6.45) is 0. The van der Waals surface area contributed by atoms with Gasteiger partial charge in [-0.3, -0.25) is 10.1 Å². The average molecular weight is 353 g/mol. The third kappa shape index (κ3) is 4.76. The van der Waals surface area contributed by atoms with Crippen LogP contribution in [-0.4, -0.2) is 35.1 Å². The second-order valence-corrected chi connectivity index (χ2v) is 5.04. The van der Waals surface area contributed by atoms with Gasteiger partial charge in [-0.15, -0.1) is 0 Å². The van der Waals surface area contributed by atoms with Crippen molar-refractivity contribution in [3.8, 4) is 11.8 Å². The van der Waals surface area contributed by atoms with Gasteiger partial charge in [0.05, 0.1) is 20.3 Å². The normalized spacial score (nSPS) is 9.87. The number of halogens is 1. The van der Waals surface area contributed by atoms with Crippen LogP contribution in [0.4, 0.5) is 11.6 Å². The molecule has 0 aliphatic rings. The van der Waals surface area contributed by atoms with Gasteiger partial charge in [-0.25, -0.2) is 0 Å². The predicted octanol–water partition coefficient (Wildman–Crippen LogP) is 2.53. The number of aromatic nitrogens is 2. The highest BCUT2D eigenvalue weighted by molar-refractivity contribution is 7.82. The maximum atomic E-state index is 12.1. The Morgan fingerprint density at radius 2 is 1.65 bits per heavy atom. The Kier molecular flexibility index (Phi) is 5.67. The molecule has 7 nitrogen and oxygen atoms in total. The maximum absolute atomic E-state index is 12.1. The third-order valence-electron chi connectivity index (χ3n) is 2.63. The number of hydrogen-bond acceptors (Lipinski definition) is 6. The topological polar surface area (TPSA) is 85.4 Å². The lowest BCUT2D eigenvalue weighted by Crippen LogP contribution is -2.28. The minimum atomic E-state index is -0.565. The molecule has 0 unspecified atom stereocenters. The fourth-order valence-electron chi connectivity index (χ4n) is 1.55. The Morgan fingerprint density at radius 3 is 2.17 bits per heavy atom. The summed E-state index contributed by atoms with van der Waals surface area (Å²) in [4.78, 5) is 20.0. The molecular weight excluding hydrogens is 340 g/mol. The first-order valence-corrected chi connectivity index (χ1v) is 7.15. The largest absolute Gasteiger partial charge is 0.481 e. The van der Waals surface area contributed by atoms with Crippen molar-refractivity contribution in [2.45, 2.75) is 0 Å². The Labute approximate surface area is 143 Å². The van der Waals surface area contributed by atoms with Crippen molar-refractivity contribution in [3.63, 3.8) is 0 Å². The molecule has 0 fully saturated rings. The fraction of sp³-hybridized carbons (Fsp3) is 0.143. The molecule has 0 spiro atoms. The second kappa shape index (κ2) is 7.70. The van der Waals surface area contributed by atoms with E-state index < -0.39 is 5.91 Å². The zero-order valence-corrected chi connectivity index (χ0v) is 13.9. The van der Waals surface area contributed by atoms with Crippen LogP contribution in [0, 0.1) is 0 Å². The van der Waals surface area contributed by atoms with E-state index in [-0.39, 0.29) is 22.7 Å². The molecule has 0 saturated heterocycles. The predicted molar refractivity (Wildman–Crippen MR) is 91.4 cm³/mol. The SMILES string of the molecule is COc1cc(OC)nc(NC(=O)C(=S)Nc2ccc(Cl)cc2)n1. The molecule has 2 N–H and O–H groups in total. The van der Waals surface area contributed by atoms with E-state index in [4.69, 9.17) is 33.3 Å². The van der Waals surface area contributed by atoms with E-state index in [1.807, 2.05) is 0 Å². The zero-order chi connectivity index (χ0) is 16.8. The molecule has 120 valence electrons. The number of ether oxygens (including phenoxy) is 2. The number of rotatable bonds is 4. The highest BCUT2D eigenvalue weighted by Crippen LogP contribution is 2.17. The first-order valence-electron chi connectivity index (χ1n) is 6.37. The minimum absolute atomic E-state index is 0.0199. The van der Waals surface area contributed by atoms with E-state index >= 15 is 0 Å². The minimum Gasteiger partial charge on any atom is -0.481 e. The molecule has 9 heteroatoms. The van der Waals surface area contributed by atoms with Crippen molar-refractivity contribution in [2.75, 3.05) is 24.9 Å². The molecule has 1 aromatic carbocycles. The molecule has 0 radical (unpaired) electrons. The molecule has 1 amide bonds. The Hall–Kier alpha value is -2.45. The molecular formula is C14H13ClN4O3S. The number of carbonyl (C=O) groups excluding carboxylic acids is 1. The second-order valence-electron chi connectivity index (χ2n) is 4.19. The van der Waals surface area contributed by atoms with Crippen molar-refractivity contribution in [1.82, 2.24) is 9.97 Å². The summed E-state index contributed by atoms with van der Waals surface area (Å²) < 4.78 is 10.0. The summed E-state index contributed by atoms with van der Waals surface area (Å²) in [7, 11) is 2.89. The number of nitrogens with zero attached hydrogens (tertiary/aromatic N) is 2. The van der Waals surface area contributed by atoms with Gasteiger partial charge in [0.15, 0.2) is 4.99 Å². The van der Waals surface area contributed by atoms with E-state index in [2.05, 4.69) is 20.6 Å². The number of nitrogens with one attached hydrogen (secondary N) is 2. The van der Waals surface area contributed by atoms with E-state index in [1.165, 1.54) is 20.3 Å². The van der Waals surface area contributed by atoms with Crippen LogP contribution in [0.3, 0.4) is 0 Å². The van der Waals surface area contributed by atoms with Crippen LogP contribution in [0.2, 0.25) is 5.02 Å². The van der Waals surface area contributed by atoms with Crippen molar-refractivity contribution >= 4 is 46.4 Å². The molecule has 1 aromatic heterocycles. The van der Waals surface area contributed by atoms with Gasteiger partial charge in [0.25, 0.3) is 5.91 Å². The van der Waals surface area contributed by atoms with Gasteiger partial charge in [-0.2, -0.15) is 9.97 Å². The van der Waals surface area contributed by atoms with Gasteiger partial charge >= 0.3 is 0 Å². The van der Waals surface area contributed by atoms with Gasteiger partial charge in [0.1, 0.15) is 0 Å². The van der Waals surface area contributed by atoms with Crippen molar-refractivity contribution in [2.24, 2.45) is 0 Å². The van der Waals surface area contributed by atoms with Gasteiger partial charge in [-0.1, -0.05) is 23.8 Å². The van der Waals surface area contributed by atoms with Gasteiger partial charge < -0.3 is 14.8 Å². The third-order valence-corrected chi connectivity index (χ3v) is 3.17. The molecule has 0 aliphatic heterocycles. The van der Waals surface area contributed by atoms with E-state index in [0.29, 0.717) is 10.7 Å². The summed E-state index contributed by atoms with van der Waals surface area (Å²) in [6.45, 7) is 0. The molecule has 2 rings (SSSR count).